The van der Waals surface area contributed by atoms with E-state index in [0.717, 1.165) is 5.56 Å². The Bertz CT molecular complexity index is 988. The average molecular weight is 383 g/mol. The van der Waals surface area contributed by atoms with Gasteiger partial charge < -0.3 is 24.7 Å². The minimum atomic E-state index is -0.264. The zero-order valence-electron chi connectivity index (χ0n) is 16.0. The third kappa shape index (κ3) is 3.44. The Labute approximate surface area is 162 Å². The van der Waals surface area contributed by atoms with Gasteiger partial charge in [-0.1, -0.05) is 0 Å². The molecule has 0 atom stereocenters. The molecule has 0 aliphatic heterocycles. The van der Waals surface area contributed by atoms with Crippen LogP contribution in [0.5, 0.6) is 23.0 Å². The standard InChI is InChI=1S/C20H21N3O5/c1-25-16-6-5-11(7-13(16)21)14-10-15(23-22-14)19(24)12-8-17(26-2)20(28-4)18(9-12)27-3/h5-10H,21H2,1-4H3,(H,22,23). The van der Waals surface area contributed by atoms with E-state index < -0.39 is 0 Å². The summed E-state index contributed by atoms with van der Waals surface area (Å²) in [7, 11) is 6.04. The second kappa shape index (κ2) is 7.91. The van der Waals surface area contributed by atoms with Crippen molar-refractivity contribution in [1.82, 2.24) is 10.2 Å². The van der Waals surface area contributed by atoms with E-state index in [1.807, 2.05) is 6.07 Å². The van der Waals surface area contributed by atoms with E-state index in [1.165, 1.54) is 21.3 Å². The number of ketones is 1. The number of hydrogen-bond acceptors (Lipinski definition) is 7. The van der Waals surface area contributed by atoms with Crippen LogP contribution in [-0.2, 0) is 0 Å². The van der Waals surface area contributed by atoms with Gasteiger partial charge in [-0.25, -0.2) is 0 Å². The van der Waals surface area contributed by atoms with Crippen LogP contribution in [0.15, 0.2) is 36.4 Å². The second-order valence-electron chi connectivity index (χ2n) is 5.87. The van der Waals surface area contributed by atoms with Crippen LogP contribution < -0.4 is 24.7 Å². The van der Waals surface area contributed by atoms with Crippen molar-refractivity contribution in [3.8, 4) is 34.3 Å². The van der Waals surface area contributed by atoms with E-state index in [0.29, 0.717) is 45.6 Å². The van der Waals surface area contributed by atoms with Crippen LogP contribution in [0, 0.1) is 0 Å². The monoisotopic (exact) mass is 383 g/mol. The number of aromatic amines is 1. The fraction of sp³-hybridized carbons (Fsp3) is 0.200. The molecule has 0 saturated heterocycles. The molecule has 0 amide bonds. The number of H-pyrrole nitrogens is 1. The summed E-state index contributed by atoms with van der Waals surface area (Å²) in [6.45, 7) is 0. The van der Waals surface area contributed by atoms with Crippen LogP contribution in [-0.4, -0.2) is 44.4 Å². The van der Waals surface area contributed by atoms with Gasteiger partial charge in [0.1, 0.15) is 11.4 Å². The number of ether oxygens (including phenoxy) is 4. The highest BCUT2D eigenvalue weighted by atomic mass is 16.5. The summed E-state index contributed by atoms with van der Waals surface area (Å²) in [6.07, 6.45) is 0. The maximum absolute atomic E-state index is 12.9. The predicted molar refractivity (Wildman–Crippen MR) is 105 cm³/mol. The minimum Gasteiger partial charge on any atom is -0.495 e. The first-order chi connectivity index (χ1) is 13.5. The van der Waals surface area contributed by atoms with Gasteiger partial charge in [-0.3, -0.25) is 9.89 Å². The van der Waals surface area contributed by atoms with Crippen LogP contribution in [0.1, 0.15) is 16.1 Å². The Hall–Kier alpha value is -3.68. The van der Waals surface area contributed by atoms with Gasteiger partial charge in [0, 0.05) is 11.1 Å². The zero-order valence-corrected chi connectivity index (χ0v) is 16.0. The topological polar surface area (TPSA) is 109 Å². The third-order valence-electron chi connectivity index (χ3n) is 4.27. The smallest absolute Gasteiger partial charge is 0.211 e. The van der Waals surface area contributed by atoms with Crippen molar-refractivity contribution in [3.63, 3.8) is 0 Å². The maximum atomic E-state index is 12.9. The molecule has 2 aromatic carbocycles. The number of carbonyl (C=O) groups is 1. The molecule has 3 rings (SSSR count). The molecule has 3 N–H and O–H groups in total. The Balaban J connectivity index is 1.95. The highest BCUT2D eigenvalue weighted by Gasteiger charge is 2.20. The Morgan fingerprint density at radius 3 is 2.07 bits per heavy atom. The Morgan fingerprint density at radius 2 is 1.54 bits per heavy atom. The number of nitrogens with two attached hydrogens (primary N) is 1. The number of nitrogens with zero attached hydrogens (tertiary/aromatic N) is 1. The molecule has 1 heterocycles. The number of rotatable bonds is 7. The first-order valence-corrected chi connectivity index (χ1v) is 8.36. The van der Waals surface area contributed by atoms with E-state index in [2.05, 4.69) is 10.2 Å². The quantitative estimate of drug-likeness (QED) is 0.477. The van der Waals surface area contributed by atoms with Crippen molar-refractivity contribution >= 4 is 11.5 Å². The average Bonchev–Trinajstić information content (AvgIpc) is 3.22. The summed E-state index contributed by atoms with van der Waals surface area (Å²) in [5.41, 5.74) is 8.48. The van der Waals surface area contributed by atoms with Gasteiger partial charge in [-0.05, 0) is 36.4 Å². The van der Waals surface area contributed by atoms with E-state index in [1.54, 1.807) is 37.4 Å². The van der Waals surface area contributed by atoms with Crippen LogP contribution in [0.2, 0.25) is 0 Å². The largest absolute Gasteiger partial charge is 0.495 e. The van der Waals surface area contributed by atoms with Crippen molar-refractivity contribution in [2.24, 2.45) is 0 Å². The summed E-state index contributed by atoms with van der Waals surface area (Å²) in [5.74, 6) is 1.52. The lowest BCUT2D eigenvalue weighted by molar-refractivity contribution is 0.103. The van der Waals surface area contributed by atoms with Crippen LogP contribution >= 0.6 is 0 Å². The summed E-state index contributed by atoms with van der Waals surface area (Å²) < 4.78 is 21.1. The summed E-state index contributed by atoms with van der Waals surface area (Å²) in [4.78, 5) is 12.9. The first kappa shape index (κ1) is 19.1. The van der Waals surface area contributed by atoms with Gasteiger partial charge in [-0.15, -0.1) is 0 Å². The summed E-state index contributed by atoms with van der Waals surface area (Å²) >= 11 is 0. The van der Waals surface area contributed by atoms with Crippen LogP contribution in [0.3, 0.4) is 0 Å². The zero-order chi connectivity index (χ0) is 20.3. The van der Waals surface area contributed by atoms with Gasteiger partial charge in [-0.2, -0.15) is 5.10 Å². The van der Waals surface area contributed by atoms with E-state index in [9.17, 15) is 4.79 Å². The minimum absolute atomic E-state index is 0.264. The van der Waals surface area contributed by atoms with E-state index in [-0.39, 0.29) is 5.78 Å². The highest BCUT2D eigenvalue weighted by Crippen LogP contribution is 2.38. The van der Waals surface area contributed by atoms with Gasteiger partial charge >= 0.3 is 0 Å². The van der Waals surface area contributed by atoms with Gasteiger partial charge in [0.05, 0.1) is 39.8 Å². The number of anilines is 1. The number of nitrogen functional groups attached to an aromatic ring is 1. The summed E-state index contributed by atoms with van der Waals surface area (Å²) in [5, 5.41) is 6.99. The molecule has 0 fully saturated rings. The SMILES string of the molecule is COc1ccc(-c2cc(C(=O)c3cc(OC)c(OC)c(OC)c3)[nH]n2)cc1N. The lowest BCUT2D eigenvalue weighted by Crippen LogP contribution is -2.04. The van der Waals surface area contributed by atoms with Crippen molar-refractivity contribution < 1.29 is 23.7 Å². The van der Waals surface area contributed by atoms with Crippen molar-refractivity contribution in [3.05, 3.63) is 47.7 Å². The Kier molecular flexibility index (Phi) is 5.39. The molecule has 3 aromatic rings. The number of nitrogens with one attached hydrogen (secondary N) is 1. The first-order valence-electron chi connectivity index (χ1n) is 8.36. The molecule has 8 nitrogen and oxygen atoms in total. The number of aromatic nitrogens is 2. The molecule has 0 unspecified atom stereocenters. The molecule has 8 heteroatoms. The predicted octanol–water partition coefficient (Wildman–Crippen LogP) is 2.92. The van der Waals surface area contributed by atoms with Crippen molar-refractivity contribution in [2.45, 2.75) is 0 Å². The second-order valence-corrected chi connectivity index (χ2v) is 5.87. The molecular formula is C20H21N3O5. The molecule has 0 radical (unpaired) electrons. The molecular weight excluding hydrogens is 362 g/mol. The highest BCUT2D eigenvalue weighted by molar-refractivity contribution is 6.09. The van der Waals surface area contributed by atoms with Crippen LogP contribution in [0.4, 0.5) is 5.69 Å². The number of hydrogen-bond donors (Lipinski definition) is 2. The molecule has 0 aliphatic carbocycles. The number of benzene rings is 2. The number of carbonyl (C=O) groups excluding carboxylic acids is 1. The third-order valence-corrected chi connectivity index (χ3v) is 4.27. The molecule has 0 bridgehead atoms. The van der Waals surface area contributed by atoms with Gasteiger partial charge in [0.25, 0.3) is 0 Å². The maximum Gasteiger partial charge on any atom is 0.211 e. The normalized spacial score (nSPS) is 10.4. The summed E-state index contributed by atoms with van der Waals surface area (Å²) in [6, 6.07) is 10.2. The van der Waals surface area contributed by atoms with E-state index in [4.69, 9.17) is 24.7 Å². The number of methoxy groups -OCH3 is 4. The lowest BCUT2D eigenvalue weighted by Gasteiger charge is -2.13. The molecule has 0 spiro atoms. The Morgan fingerprint density at radius 1 is 0.893 bits per heavy atom. The van der Waals surface area contributed by atoms with Gasteiger partial charge in [0.2, 0.25) is 11.5 Å². The molecule has 0 aliphatic rings. The fourth-order valence-corrected chi connectivity index (χ4v) is 2.85. The van der Waals surface area contributed by atoms with Crippen molar-refractivity contribution in [1.29, 1.82) is 0 Å². The molecule has 1 aromatic heterocycles. The van der Waals surface area contributed by atoms with Crippen molar-refractivity contribution in [2.75, 3.05) is 34.2 Å². The van der Waals surface area contributed by atoms with Crippen LogP contribution in [0.25, 0.3) is 11.3 Å². The molecule has 146 valence electrons. The molecule has 0 saturated carbocycles. The van der Waals surface area contributed by atoms with Gasteiger partial charge in [0.15, 0.2) is 11.5 Å². The van der Waals surface area contributed by atoms with E-state index >= 15 is 0 Å². The fourth-order valence-electron chi connectivity index (χ4n) is 2.85. The molecule has 28 heavy (non-hydrogen) atoms. The lowest BCUT2D eigenvalue weighted by atomic mass is 10.1.